The van der Waals surface area contributed by atoms with E-state index in [-0.39, 0.29) is 9.92 Å². The highest BCUT2D eigenvalue weighted by Crippen LogP contribution is 2.22. The molecule has 20 heavy (non-hydrogen) atoms. The molecule has 1 N–H and O–H groups in total. The van der Waals surface area contributed by atoms with Crippen molar-refractivity contribution < 1.29 is 8.42 Å². The van der Waals surface area contributed by atoms with Crippen LogP contribution in [-0.4, -0.2) is 15.0 Å². The Bertz CT molecular complexity index is 684. The molecule has 0 bridgehead atoms. The van der Waals surface area contributed by atoms with Crippen LogP contribution in [-0.2, 0) is 16.4 Å². The van der Waals surface area contributed by atoms with Crippen LogP contribution >= 0.6 is 11.6 Å². The van der Waals surface area contributed by atoms with E-state index < -0.39 is 10.0 Å². The number of nitrogens with one attached hydrogen (secondary N) is 1. The predicted octanol–water partition coefficient (Wildman–Crippen LogP) is 3.17. The van der Waals surface area contributed by atoms with Crippen molar-refractivity contribution in [3.63, 3.8) is 0 Å². The van der Waals surface area contributed by atoms with Crippen LogP contribution in [0.5, 0.6) is 0 Å². The van der Waals surface area contributed by atoms with Gasteiger partial charge in [-0.3, -0.25) is 0 Å². The van der Waals surface area contributed by atoms with Gasteiger partial charge in [-0.1, -0.05) is 48.0 Å². The summed E-state index contributed by atoms with van der Waals surface area (Å²) in [5.74, 6) is 0. The standard InChI is InChI=1S/C15H16ClNO2S/c1-12-7-8-15(14(16)11-12)20(18,19)17-10-9-13-5-3-2-4-6-13/h2-8,11,17H,9-10H2,1H3. The van der Waals surface area contributed by atoms with Gasteiger partial charge in [0.05, 0.1) is 5.02 Å². The Hall–Kier alpha value is -1.36. The molecule has 0 radical (unpaired) electrons. The SMILES string of the molecule is Cc1ccc(S(=O)(=O)NCCc2ccccc2)c(Cl)c1. The number of benzene rings is 2. The molecule has 0 aliphatic carbocycles. The quantitative estimate of drug-likeness (QED) is 0.922. The first kappa shape index (κ1) is 15.0. The Balaban J connectivity index is 2.04. The molecule has 2 aromatic carbocycles. The summed E-state index contributed by atoms with van der Waals surface area (Å²) in [6.45, 7) is 2.21. The van der Waals surface area contributed by atoms with Crippen molar-refractivity contribution in [3.8, 4) is 0 Å². The Morgan fingerprint density at radius 1 is 1.10 bits per heavy atom. The van der Waals surface area contributed by atoms with Crippen LogP contribution in [0.1, 0.15) is 11.1 Å². The van der Waals surface area contributed by atoms with Gasteiger partial charge in [0.15, 0.2) is 0 Å². The largest absolute Gasteiger partial charge is 0.242 e. The van der Waals surface area contributed by atoms with Gasteiger partial charge in [-0.25, -0.2) is 13.1 Å². The number of rotatable bonds is 5. The van der Waals surface area contributed by atoms with E-state index in [0.29, 0.717) is 13.0 Å². The van der Waals surface area contributed by atoms with Gasteiger partial charge in [-0.15, -0.1) is 0 Å². The highest BCUT2D eigenvalue weighted by Gasteiger charge is 2.17. The monoisotopic (exact) mass is 309 g/mol. The Morgan fingerprint density at radius 2 is 1.80 bits per heavy atom. The van der Waals surface area contributed by atoms with Crippen molar-refractivity contribution in [1.29, 1.82) is 0 Å². The minimum Gasteiger partial charge on any atom is -0.211 e. The molecule has 5 heteroatoms. The van der Waals surface area contributed by atoms with Gasteiger partial charge in [-0.05, 0) is 36.6 Å². The lowest BCUT2D eigenvalue weighted by Gasteiger charge is -2.09. The van der Waals surface area contributed by atoms with Crippen LogP contribution in [0, 0.1) is 6.92 Å². The van der Waals surface area contributed by atoms with Crippen LogP contribution in [0.25, 0.3) is 0 Å². The first-order valence-corrected chi connectivity index (χ1v) is 8.15. The van der Waals surface area contributed by atoms with Gasteiger partial charge in [0, 0.05) is 6.54 Å². The fourth-order valence-corrected chi connectivity index (χ4v) is 3.50. The molecule has 0 spiro atoms. The molecule has 0 aliphatic heterocycles. The number of aryl methyl sites for hydroxylation is 1. The van der Waals surface area contributed by atoms with E-state index in [1.54, 1.807) is 12.1 Å². The predicted molar refractivity (Wildman–Crippen MR) is 81.5 cm³/mol. The molecule has 0 saturated carbocycles. The fraction of sp³-hybridized carbons (Fsp3) is 0.200. The number of halogens is 1. The first-order valence-electron chi connectivity index (χ1n) is 6.29. The summed E-state index contributed by atoms with van der Waals surface area (Å²) in [5.41, 5.74) is 2.02. The van der Waals surface area contributed by atoms with Gasteiger partial charge in [0.1, 0.15) is 4.90 Å². The van der Waals surface area contributed by atoms with Crippen molar-refractivity contribution in [3.05, 3.63) is 64.7 Å². The maximum Gasteiger partial charge on any atom is 0.242 e. The maximum absolute atomic E-state index is 12.2. The van der Waals surface area contributed by atoms with E-state index in [0.717, 1.165) is 11.1 Å². The molecule has 0 heterocycles. The molecular weight excluding hydrogens is 294 g/mol. The summed E-state index contributed by atoms with van der Waals surface area (Å²) < 4.78 is 26.9. The molecule has 0 saturated heterocycles. The topological polar surface area (TPSA) is 46.2 Å². The lowest BCUT2D eigenvalue weighted by molar-refractivity contribution is 0.581. The molecule has 0 unspecified atom stereocenters. The Labute approximate surface area is 124 Å². The first-order chi connectivity index (χ1) is 9.49. The normalized spacial score (nSPS) is 11.5. The third kappa shape index (κ3) is 3.82. The zero-order valence-electron chi connectivity index (χ0n) is 11.1. The minimum atomic E-state index is -3.56. The zero-order valence-corrected chi connectivity index (χ0v) is 12.7. The van der Waals surface area contributed by atoms with E-state index in [1.807, 2.05) is 37.3 Å². The highest BCUT2D eigenvalue weighted by atomic mass is 35.5. The summed E-state index contributed by atoms with van der Waals surface area (Å²) in [4.78, 5) is 0.123. The van der Waals surface area contributed by atoms with Crippen molar-refractivity contribution in [2.45, 2.75) is 18.2 Å². The van der Waals surface area contributed by atoms with Crippen molar-refractivity contribution in [2.24, 2.45) is 0 Å². The average Bonchev–Trinajstić information content (AvgIpc) is 2.39. The molecule has 0 aromatic heterocycles. The Morgan fingerprint density at radius 3 is 2.45 bits per heavy atom. The van der Waals surface area contributed by atoms with Crippen LogP contribution in [0.15, 0.2) is 53.4 Å². The van der Waals surface area contributed by atoms with Gasteiger partial charge in [-0.2, -0.15) is 0 Å². The van der Waals surface area contributed by atoms with Crippen LogP contribution in [0.3, 0.4) is 0 Å². The minimum absolute atomic E-state index is 0.123. The number of sulfonamides is 1. The van der Waals surface area contributed by atoms with E-state index in [4.69, 9.17) is 11.6 Å². The van der Waals surface area contributed by atoms with Crippen molar-refractivity contribution >= 4 is 21.6 Å². The van der Waals surface area contributed by atoms with Crippen molar-refractivity contribution in [2.75, 3.05) is 6.54 Å². The second kappa shape index (κ2) is 6.39. The second-order valence-electron chi connectivity index (χ2n) is 4.57. The van der Waals surface area contributed by atoms with Crippen LogP contribution in [0.2, 0.25) is 5.02 Å². The molecule has 3 nitrogen and oxygen atoms in total. The Kier molecular flexibility index (Phi) is 4.81. The summed E-state index contributed by atoms with van der Waals surface area (Å²) >= 11 is 5.99. The molecule has 106 valence electrons. The molecular formula is C15H16ClNO2S. The van der Waals surface area contributed by atoms with Crippen LogP contribution in [0.4, 0.5) is 0 Å². The van der Waals surface area contributed by atoms with Gasteiger partial charge >= 0.3 is 0 Å². The van der Waals surface area contributed by atoms with E-state index >= 15 is 0 Å². The lowest BCUT2D eigenvalue weighted by atomic mass is 10.2. The van der Waals surface area contributed by atoms with Gasteiger partial charge in [0.2, 0.25) is 10.0 Å². The molecule has 0 fully saturated rings. The number of hydrogen-bond donors (Lipinski definition) is 1. The third-order valence-corrected chi connectivity index (χ3v) is 4.87. The second-order valence-corrected chi connectivity index (χ2v) is 6.71. The van der Waals surface area contributed by atoms with Gasteiger partial charge in [0.25, 0.3) is 0 Å². The summed E-state index contributed by atoms with van der Waals surface area (Å²) in [6.07, 6.45) is 0.642. The highest BCUT2D eigenvalue weighted by molar-refractivity contribution is 7.89. The summed E-state index contributed by atoms with van der Waals surface area (Å²) in [5, 5.41) is 0.247. The fourth-order valence-electron chi connectivity index (χ4n) is 1.88. The third-order valence-electron chi connectivity index (χ3n) is 2.93. The molecule has 0 aliphatic rings. The molecule has 0 atom stereocenters. The molecule has 2 rings (SSSR count). The molecule has 0 amide bonds. The number of hydrogen-bond acceptors (Lipinski definition) is 2. The average molecular weight is 310 g/mol. The molecule has 2 aromatic rings. The van der Waals surface area contributed by atoms with E-state index in [9.17, 15) is 8.42 Å². The van der Waals surface area contributed by atoms with Crippen LogP contribution < -0.4 is 4.72 Å². The van der Waals surface area contributed by atoms with Gasteiger partial charge < -0.3 is 0 Å². The zero-order chi connectivity index (χ0) is 14.6. The maximum atomic E-state index is 12.2. The van der Waals surface area contributed by atoms with E-state index in [2.05, 4.69) is 4.72 Å². The lowest BCUT2D eigenvalue weighted by Crippen LogP contribution is -2.26. The summed E-state index contributed by atoms with van der Waals surface area (Å²) in [7, 11) is -3.56. The summed E-state index contributed by atoms with van der Waals surface area (Å²) in [6, 6.07) is 14.6. The van der Waals surface area contributed by atoms with E-state index in [1.165, 1.54) is 6.07 Å². The smallest absolute Gasteiger partial charge is 0.211 e. The van der Waals surface area contributed by atoms with Crippen molar-refractivity contribution in [1.82, 2.24) is 4.72 Å².